The minimum atomic E-state index is -0.413. The molecule has 0 aliphatic carbocycles. The zero-order chi connectivity index (χ0) is 15.7. The van der Waals surface area contributed by atoms with E-state index in [1.165, 1.54) is 5.56 Å². The van der Waals surface area contributed by atoms with Crippen molar-refractivity contribution in [1.82, 2.24) is 9.38 Å². The lowest BCUT2D eigenvalue weighted by molar-refractivity contribution is 0.0520. The van der Waals surface area contributed by atoms with Crippen LogP contribution in [0.15, 0.2) is 30.5 Å². The van der Waals surface area contributed by atoms with Gasteiger partial charge in [-0.05, 0) is 31.0 Å². The highest BCUT2D eigenvalue weighted by Gasteiger charge is 2.15. The van der Waals surface area contributed by atoms with Gasteiger partial charge in [-0.2, -0.15) is 0 Å². The zero-order valence-electron chi connectivity index (χ0n) is 12.9. The van der Waals surface area contributed by atoms with Gasteiger partial charge < -0.3 is 9.47 Å². The SMILES string of the molecule is CCOC(=O)c1cn2c(cc(OC)c3cc(CC)ccc32)n1. The number of carbonyl (C=O) groups excluding carboxylic acids is 1. The van der Waals surface area contributed by atoms with Crippen LogP contribution in [0.3, 0.4) is 0 Å². The molecule has 3 aromatic rings. The minimum absolute atomic E-state index is 0.302. The second-order valence-corrected chi connectivity index (χ2v) is 4.99. The Kier molecular flexibility index (Phi) is 3.71. The molecule has 0 bridgehead atoms. The van der Waals surface area contributed by atoms with Crippen molar-refractivity contribution in [3.05, 3.63) is 41.7 Å². The summed E-state index contributed by atoms with van der Waals surface area (Å²) in [5.41, 5.74) is 3.15. The molecule has 0 unspecified atom stereocenters. The first kappa shape index (κ1) is 14.4. The van der Waals surface area contributed by atoms with E-state index >= 15 is 0 Å². The van der Waals surface area contributed by atoms with Crippen molar-refractivity contribution < 1.29 is 14.3 Å². The lowest BCUT2D eigenvalue weighted by Crippen LogP contribution is -2.04. The molecule has 114 valence electrons. The molecule has 0 N–H and O–H groups in total. The van der Waals surface area contributed by atoms with Crippen molar-refractivity contribution in [2.75, 3.05) is 13.7 Å². The summed E-state index contributed by atoms with van der Waals surface area (Å²) in [6.07, 6.45) is 2.66. The third-order valence-electron chi connectivity index (χ3n) is 3.69. The predicted octanol–water partition coefficient (Wildman–Crippen LogP) is 3.24. The number of imidazole rings is 1. The Labute approximate surface area is 128 Å². The average Bonchev–Trinajstić information content (AvgIpc) is 2.97. The molecule has 22 heavy (non-hydrogen) atoms. The fourth-order valence-electron chi connectivity index (χ4n) is 2.57. The molecule has 0 aliphatic heterocycles. The normalized spacial score (nSPS) is 11.0. The maximum Gasteiger partial charge on any atom is 0.358 e. The molecule has 1 aromatic carbocycles. The van der Waals surface area contributed by atoms with Crippen LogP contribution in [0.5, 0.6) is 5.75 Å². The highest BCUT2D eigenvalue weighted by Crippen LogP contribution is 2.29. The second-order valence-electron chi connectivity index (χ2n) is 4.99. The first-order chi connectivity index (χ1) is 10.7. The van der Waals surface area contributed by atoms with Crippen LogP contribution in [-0.4, -0.2) is 29.1 Å². The van der Waals surface area contributed by atoms with Crippen molar-refractivity contribution in [2.45, 2.75) is 20.3 Å². The smallest absolute Gasteiger partial charge is 0.358 e. The Balaban J connectivity index is 2.27. The number of aryl methyl sites for hydroxylation is 1. The lowest BCUT2D eigenvalue weighted by Gasteiger charge is -2.09. The summed E-state index contributed by atoms with van der Waals surface area (Å²) in [6.45, 7) is 4.22. The number of rotatable bonds is 4. The Morgan fingerprint density at radius 3 is 2.77 bits per heavy atom. The third-order valence-corrected chi connectivity index (χ3v) is 3.69. The fraction of sp³-hybridized carbons (Fsp3) is 0.294. The van der Waals surface area contributed by atoms with Gasteiger partial charge in [0.1, 0.15) is 11.4 Å². The van der Waals surface area contributed by atoms with E-state index in [2.05, 4.69) is 24.0 Å². The zero-order valence-corrected chi connectivity index (χ0v) is 12.9. The van der Waals surface area contributed by atoms with Gasteiger partial charge in [0.25, 0.3) is 0 Å². The quantitative estimate of drug-likeness (QED) is 0.694. The van der Waals surface area contributed by atoms with E-state index < -0.39 is 5.97 Å². The number of aromatic nitrogens is 2. The number of nitrogens with zero attached hydrogens (tertiary/aromatic N) is 2. The Hall–Kier alpha value is -2.56. The summed E-state index contributed by atoms with van der Waals surface area (Å²) in [6, 6.07) is 8.05. The van der Waals surface area contributed by atoms with Crippen LogP contribution in [-0.2, 0) is 11.2 Å². The van der Waals surface area contributed by atoms with Gasteiger partial charge in [-0.1, -0.05) is 13.0 Å². The molecule has 0 radical (unpaired) electrons. The average molecular weight is 298 g/mol. The van der Waals surface area contributed by atoms with Gasteiger partial charge in [0, 0.05) is 17.6 Å². The van der Waals surface area contributed by atoms with Crippen LogP contribution in [0.1, 0.15) is 29.9 Å². The fourth-order valence-corrected chi connectivity index (χ4v) is 2.57. The number of hydrogen-bond acceptors (Lipinski definition) is 4. The second kappa shape index (κ2) is 5.67. The van der Waals surface area contributed by atoms with Crippen molar-refractivity contribution in [3.8, 4) is 5.75 Å². The molecule has 0 saturated carbocycles. The summed E-state index contributed by atoms with van der Waals surface area (Å²) in [4.78, 5) is 16.2. The topological polar surface area (TPSA) is 52.8 Å². The predicted molar refractivity (Wildman–Crippen MR) is 84.6 cm³/mol. The maximum absolute atomic E-state index is 11.9. The standard InChI is InChI=1S/C17H18N2O3/c1-4-11-6-7-14-12(8-11)15(21-3)9-16-18-13(10-19(14)16)17(20)22-5-2/h6-10H,4-5H2,1-3H3. The van der Waals surface area contributed by atoms with Gasteiger partial charge in [-0.15, -0.1) is 0 Å². The first-order valence-corrected chi connectivity index (χ1v) is 7.33. The number of carbonyl (C=O) groups is 1. The molecule has 0 aliphatic rings. The van der Waals surface area contributed by atoms with E-state index in [0.29, 0.717) is 17.9 Å². The van der Waals surface area contributed by atoms with E-state index in [9.17, 15) is 4.79 Å². The van der Waals surface area contributed by atoms with Gasteiger partial charge in [0.2, 0.25) is 0 Å². The highest BCUT2D eigenvalue weighted by molar-refractivity contribution is 5.92. The maximum atomic E-state index is 11.9. The van der Waals surface area contributed by atoms with Gasteiger partial charge in [-0.3, -0.25) is 4.40 Å². The number of hydrogen-bond donors (Lipinski definition) is 0. The van der Waals surface area contributed by atoms with Crippen LogP contribution >= 0.6 is 0 Å². The number of esters is 1. The summed E-state index contributed by atoms with van der Waals surface area (Å²) < 4.78 is 12.4. The van der Waals surface area contributed by atoms with Gasteiger partial charge in [-0.25, -0.2) is 9.78 Å². The van der Waals surface area contributed by atoms with E-state index in [-0.39, 0.29) is 0 Å². The summed E-state index contributed by atoms with van der Waals surface area (Å²) >= 11 is 0. The molecule has 2 aromatic heterocycles. The summed E-state index contributed by atoms with van der Waals surface area (Å²) in [5, 5.41) is 1.00. The van der Waals surface area contributed by atoms with E-state index in [4.69, 9.17) is 9.47 Å². The van der Waals surface area contributed by atoms with E-state index in [0.717, 1.165) is 23.1 Å². The Morgan fingerprint density at radius 1 is 1.27 bits per heavy atom. The Bertz CT molecular complexity index is 852. The first-order valence-electron chi connectivity index (χ1n) is 7.33. The van der Waals surface area contributed by atoms with Crippen molar-refractivity contribution >= 4 is 22.5 Å². The minimum Gasteiger partial charge on any atom is -0.496 e. The van der Waals surface area contributed by atoms with Crippen molar-refractivity contribution in [1.29, 1.82) is 0 Å². The van der Waals surface area contributed by atoms with Crippen LogP contribution in [0.4, 0.5) is 0 Å². The van der Waals surface area contributed by atoms with Gasteiger partial charge in [0.15, 0.2) is 5.69 Å². The highest BCUT2D eigenvalue weighted by atomic mass is 16.5. The molecular formula is C17H18N2O3. The van der Waals surface area contributed by atoms with Crippen LogP contribution < -0.4 is 4.74 Å². The van der Waals surface area contributed by atoms with E-state index in [1.54, 1.807) is 20.2 Å². The molecule has 5 heteroatoms. The van der Waals surface area contributed by atoms with Crippen LogP contribution in [0, 0.1) is 0 Å². The number of pyridine rings is 1. The van der Waals surface area contributed by atoms with Crippen molar-refractivity contribution in [3.63, 3.8) is 0 Å². The molecule has 5 nitrogen and oxygen atoms in total. The number of benzene rings is 1. The number of ether oxygens (including phenoxy) is 2. The van der Waals surface area contributed by atoms with Gasteiger partial charge >= 0.3 is 5.97 Å². The van der Waals surface area contributed by atoms with Gasteiger partial charge in [0.05, 0.1) is 19.2 Å². The lowest BCUT2D eigenvalue weighted by atomic mass is 10.1. The van der Waals surface area contributed by atoms with Crippen molar-refractivity contribution in [2.24, 2.45) is 0 Å². The molecule has 0 atom stereocenters. The largest absolute Gasteiger partial charge is 0.496 e. The number of fused-ring (bicyclic) bond motifs is 3. The Morgan fingerprint density at radius 2 is 2.09 bits per heavy atom. The summed E-state index contributed by atoms with van der Waals surface area (Å²) in [7, 11) is 1.64. The molecule has 0 amide bonds. The third kappa shape index (κ3) is 2.28. The monoisotopic (exact) mass is 298 g/mol. The van der Waals surface area contributed by atoms with Crippen LogP contribution in [0.2, 0.25) is 0 Å². The summed E-state index contributed by atoms with van der Waals surface area (Å²) in [5.74, 6) is 0.335. The van der Waals surface area contributed by atoms with E-state index in [1.807, 2.05) is 16.5 Å². The molecule has 2 heterocycles. The van der Waals surface area contributed by atoms with Crippen LogP contribution in [0.25, 0.3) is 16.6 Å². The molecule has 0 fully saturated rings. The number of methoxy groups -OCH3 is 1. The molecule has 0 spiro atoms. The molecular weight excluding hydrogens is 280 g/mol. The molecule has 3 rings (SSSR count). The molecule has 0 saturated heterocycles.